The first-order chi connectivity index (χ1) is 14.0. The fourth-order valence-electron chi connectivity index (χ4n) is 2.55. The van der Waals surface area contributed by atoms with Gasteiger partial charge >= 0.3 is 5.97 Å². The average molecular weight is 393 g/mol. The summed E-state index contributed by atoms with van der Waals surface area (Å²) in [5.41, 5.74) is 1.60. The summed E-state index contributed by atoms with van der Waals surface area (Å²) in [5.74, 6) is -1.23. The number of rotatable bonds is 7. The molecule has 29 heavy (non-hydrogen) atoms. The molecule has 0 aliphatic carbocycles. The Bertz CT molecular complexity index is 974. The SMILES string of the molecule is C[C@@H](OC(=O)c1ccccc1OCc1ccccc1)C(=O)Nc1ccc(F)cc1. The second-order valence-electron chi connectivity index (χ2n) is 6.31. The maximum absolute atomic E-state index is 13.0. The van der Waals surface area contributed by atoms with Gasteiger partial charge in [-0.3, -0.25) is 4.79 Å². The summed E-state index contributed by atoms with van der Waals surface area (Å²) >= 11 is 0. The first kappa shape index (κ1) is 20.1. The Morgan fingerprint density at radius 2 is 1.59 bits per heavy atom. The molecule has 0 spiro atoms. The minimum absolute atomic E-state index is 0.227. The largest absolute Gasteiger partial charge is 0.488 e. The highest BCUT2D eigenvalue weighted by atomic mass is 19.1. The Hall–Kier alpha value is -3.67. The van der Waals surface area contributed by atoms with Crippen LogP contribution in [0.5, 0.6) is 5.75 Å². The first-order valence-corrected chi connectivity index (χ1v) is 9.06. The Morgan fingerprint density at radius 3 is 2.31 bits per heavy atom. The molecule has 0 aliphatic heterocycles. The molecule has 1 amide bonds. The van der Waals surface area contributed by atoms with Crippen LogP contribution in [0.15, 0.2) is 78.9 Å². The van der Waals surface area contributed by atoms with Gasteiger partial charge in [0, 0.05) is 5.69 Å². The number of amides is 1. The van der Waals surface area contributed by atoms with Gasteiger partial charge in [0.2, 0.25) is 0 Å². The van der Waals surface area contributed by atoms with E-state index < -0.39 is 23.8 Å². The number of halogens is 1. The van der Waals surface area contributed by atoms with E-state index in [2.05, 4.69) is 5.32 Å². The lowest BCUT2D eigenvalue weighted by molar-refractivity contribution is -0.123. The molecule has 148 valence electrons. The van der Waals surface area contributed by atoms with Crippen molar-refractivity contribution in [2.24, 2.45) is 0 Å². The number of carbonyl (C=O) groups is 2. The van der Waals surface area contributed by atoms with Gasteiger partial charge in [-0.15, -0.1) is 0 Å². The monoisotopic (exact) mass is 393 g/mol. The molecule has 1 atom stereocenters. The third-order valence-electron chi connectivity index (χ3n) is 4.11. The lowest BCUT2D eigenvalue weighted by atomic mass is 10.2. The molecule has 0 unspecified atom stereocenters. The third kappa shape index (κ3) is 5.65. The van der Waals surface area contributed by atoms with Gasteiger partial charge in [-0.2, -0.15) is 0 Å². The molecule has 0 saturated carbocycles. The zero-order valence-electron chi connectivity index (χ0n) is 15.8. The molecule has 0 aliphatic rings. The smallest absolute Gasteiger partial charge is 0.342 e. The van der Waals surface area contributed by atoms with Crippen LogP contribution >= 0.6 is 0 Å². The van der Waals surface area contributed by atoms with Crippen LogP contribution in [-0.4, -0.2) is 18.0 Å². The topological polar surface area (TPSA) is 64.6 Å². The van der Waals surface area contributed by atoms with Crippen LogP contribution in [-0.2, 0) is 16.1 Å². The molecular formula is C23H20FNO4. The van der Waals surface area contributed by atoms with Crippen molar-refractivity contribution in [3.05, 3.63) is 95.8 Å². The maximum atomic E-state index is 13.0. The maximum Gasteiger partial charge on any atom is 0.342 e. The second-order valence-corrected chi connectivity index (χ2v) is 6.31. The summed E-state index contributed by atoms with van der Waals surface area (Å²) in [6.07, 6.45) is -1.05. The summed E-state index contributed by atoms with van der Waals surface area (Å²) in [4.78, 5) is 24.8. The van der Waals surface area contributed by atoms with E-state index in [9.17, 15) is 14.0 Å². The van der Waals surface area contributed by atoms with Crippen molar-refractivity contribution in [2.45, 2.75) is 19.6 Å². The van der Waals surface area contributed by atoms with Crippen LogP contribution in [0.3, 0.4) is 0 Å². The van der Waals surface area contributed by atoms with E-state index in [1.165, 1.54) is 31.2 Å². The summed E-state index contributed by atoms with van der Waals surface area (Å²) in [6, 6.07) is 21.6. The molecule has 3 aromatic rings. The van der Waals surface area contributed by atoms with E-state index in [0.717, 1.165) is 5.56 Å². The molecule has 0 radical (unpaired) electrons. The Morgan fingerprint density at radius 1 is 0.931 bits per heavy atom. The number of hydrogen-bond donors (Lipinski definition) is 1. The Labute approximate surface area is 168 Å². The number of hydrogen-bond acceptors (Lipinski definition) is 4. The van der Waals surface area contributed by atoms with E-state index in [1.54, 1.807) is 24.3 Å². The van der Waals surface area contributed by atoms with Crippen molar-refractivity contribution in [1.29, 1.82) is 0 Å². The minimum Gasteiger partial charge on any atom is -0.488 e. The van der Waals surface area contributed by atoms with E-state index in [-0.39, 0.29) is 5.56 Å². The summed E-state index contributed by atoms with van der Waals surface area (Å²) < 4.78 is 24.0. The van der Waals surface area contributed by atoms with Gasteiger partial charge in [0.15, 0.2) is 6.10 Å². The van der Waals surface area contributed by atoms with Gasteiger partial charge in [-0.25, -0.2) is 9.18 Å². The van der Waals surface area contributed by atoms with E-state index in [4.69, 9.17) is 9.47 Å². The lowest BCUT2D eigenvalue weighted by Crippen LogP contribution is -2.30. The number of carbonyl (C=O) groups excluding carboxylic acids is 2. The van der Waals surface area contributed by atoms with E-state index >= 15 is 0 Å². The quantitative estimate of drug-likeness (QED) is 0.597. The zero-order valence-corrected chi connectivity index (χ0v) is 15.8. The average Bonchev–Trinajstić information content (AvgIpc) is 2.74. The van der Waals surface area contributed by atoms with Crippen molar-refractivity contribution < 1.29 is 23.5 Å². The zero-order chi connectivity index (χ0) is 20.6. The van der Waals surface area contributed by atoms with Gasteiger partial charge in [0.1, 0.15) is 23.7 Å². The molecule has 0 fully saturated rings. The molecule has 1 N–H and O–H groups in total. The molecule has 0 saturated heterocycles. The highest BCUT2D eigenvalue weighted by Gasteiger charge is 2.21. The Kier molecular flexibility index (Phi) is 6.58. The van der Waals surface area contributed by atoms with Crippen LogP contribution in [0.25, 0.3) is 0 Å². The van der Waals surface area contributed by atoms with Crippen molar-refractivity contribution in [3.63, 3.8) is 0 Å². The standard InChI is InChI=1S/C23H20FNO4/c1-16(22(26)25-19-13-11-18(24)12-14-19)29-23(27)20-9-5-6-10-21(20)28-15-17-7-3-2-4-8-17/h2-14,16H,15H2,1H3,(H,25,26)/t16-/m1/s1. The first-order valence-electron chi connectivity index (χ1n) is 9.06. The highest BCUT2D eigenvalue weighted by Crippen LogP contribution is 2.21. The summed E-state index contributed by atoms with van der Waals surface area (Å²) in [5, 5.41) is 2.57. The van der Waals surface area contributed by atoms with Crippen LogP contribution < -0.4 is 10.1 Å². The number of ether oxygens (including phenoxy) is 2. The fraction of sp³-hybridized carbons (Fsp3) is 0.130. The molecule has 0 bridgehead atoms. The van der Waals surface area contributed by atoms with E-state index in [1.807, 2.05) is 30.3 Å². The van der Waals surface area contributed by atoms with Crippen molar-refractivity contribution in [2.75, 3.05) is 5.32 Å². The Balaban J connectivity index is 1.62. The number of nitrogens with one attached hydrogen (secondary N) is 1. The van der Waals surface area contributed by atoms with Crippen LogP contribution in [0.2, 0.25) is 0 Å². The normalized spacial score (nSPS) is 11.4. The van der Waals surface area contributed by atoms with Gasteiger partial charge in [0.25, 0.3) is 5.91 Å². The van der Waals surface area contributed by atoms with Gasteiger partial charge in [0.05, 0.1) is 0 Å². The molecule has 0 aromatic heterocycles. The fourth-order valence-corrected chi connectivity index (χ4v) is 2.55. The van der Waals surface area contributed by atoms with Gasteiger partial charge in [-0.05, 0) is 48.9 Å². The summed E-state index contributed by atoms with van der Waals surface area (Å²) in [6.45, 7) is 1.76. The van der Waals surface area contributed by atoms with E-state index in [0.29, 0.717) is 18.0 Å². The van der Waals surface area contributed by atoms with Gasteiger partial charge < -0.3 is 14.8 Å². The molecule has 5 nitrogen and oxygen atoms in total. The van der Waals surface area contributed by atoms with Crippen molar-refractivity contribution in [3.8, 4) is 5.75 Å². The van der Waals surface area contributed by atoms with Crippen LogP contribution in [0.4, 0.5) is 10.1 Å². The summed E-state index contributed by atoms with van der Waals surface area (Å²) in [7, 11) is 0. The number of anilines is 1. The number of esters is 1. The second kappa shape index (κ2) is 9.50. The van der Waals surface area contributed by atoms with Crippen molar-refractivity contribution in [1.82, 2.24) is 0 Å². The number of benzene rings is 3. The predicted octanol–water partition coefficient (Wildman–Crippen LogP) is 4.59. The molecule has 0 heterocycles. The van der Waals surface area contributed by atoms with Crippen LogP contribution in [0, 0.1) is 5.82 Å². The third-order valence-corrected chi connectivity index (χ3v) is 4.11. The highest BCUT2D eigenvalue weighted by molar-refractivity contribution is 5.98. The minimum atomic E-state index is -1.05. The van der Waals surface area contributed by atoms with Crippen LogP contribution in [0.1, 0.15) is 22.8 Å². The molecule has 3 rings (SSSR count). The molecule has 3 aromatic carbocycles. The molecule has 6 heteroatoms. The van der Waals surface area contributed by atoms with Crippen molar-refractivity contribution >= 4 is 17.6 Å². The lowest BCUT2D eigenvalue weighted by Gasteiger charge is -2.15. The number of para-hydroxylation sites is 1. The molecular weight excluding hydrogens is 373 g/mol. The van der Waals surface area contributed by atoms with Gasteiger partial charge in [-0.1, -0.05) is 42.5 Å². The predicted molar refractivity (Wildman–Crippen MR) is 107 cm³/mol.